The molecule has 5 heteroatoms. The summed E-state index contributed by atoms with van der Waals surface area (Å²) >= 11 is 6.24. The molecule has 0 bridgehead atoms. The fraction of sp³-hybridized carbons (Fsp3) is 0.167. The Morgan fingerprint density at radius 1 is 1.07 bits per heavy atom. The molecule has 0 radical (unpaired) electrons. The lowest BCUT2D eigenvalue weighted by atomic mass is 9.95. The van der Waals surface area contributed by atoms with E-state index < -0.39 is 0 Å². The van der Waals surface area contributed by atoms with Gasteiger partial charge in [-0.25, -0.2) is 4.98 Å². The van der Waals surface area contributed by atoms with E-state index >= 15 is 0 Å². The first-order chi connectivity index (χ1) is 14.1. The summed E-state index contributed by atoms with van der Waals surface area (Å²) in [7, 11) is 2.15. The van der Waals surface area contributed by atoms with E-state index in [4.69, 9.17) is 11.6 Å². The van der Waals surface area contributed by atoms with E-state index in [1.807, 2.05) is 24.4 Å². The third-order valence-corrected chi connectivity index (χ3v) is 5.97. The lowest BCUT2D eigenvalue weighted by Gasteiger charge is -2.25. The van der Waals surface area contributed by atoms with Crippen LogP contribution < -0.4 is 0 Å². The van der Waals surface area contributed by atoms with Crippen molar-refractivity contribution >= 4 is 28.4 Å². The van der Waals surface area contributed by atoms with E-state index in [2.05, 4.69) is 40.1 Å². The van der Waals surface area contributed by atoms with Crippen molar-refractivity contribution in [1.29, 1.82) is 0 Å². The number of aromatic amines is 1. The van der Waals surface area contributed by atoms with Crippen LogP contribution in [0.25, 0.3) is 22.2 Å². The van der Waals surface area contributed by atoms with Crippen LogP contribution in [0.15, 0.2) is 60.9 Å². The number of carbonyl (C=O) groups excluding carboxylic acids is 1. The predicted octanol–water partition coefficient (Wildman–Crippen LogP) is 5.10. The zero-order chi connectivity index (χ0) is 20.0. The van der Waals surface area contributed by atoms with Crippen LogP contribution in [0.1, 0.15) is 27.0 Å². The number of fused-ring (bicyclic) bond motifs is 2. The number of aromatic nitrogens is 2. The number of hydrogen-bond donors (Lipinski definition) is 1. The second kappa shape index (κ2) is 7.14. The maximum Gasteiger partial charge on any atom is 0.196 e. The Bertz CT molecular complexity index is 1240. The van der Waals surface area contributed by atoms with Crippen molar-refractivity contribution in [3.05, 3.63) is 88.2 Å². The summed E-state index contributed by atoms with van der Waals surface area (Å²) in [6, 6.07) is 15.8. The van der Waals surface area contributed by atoms with Crippen molar-refractivity contribution in [2.24, 2.45) is 0 Å². The Kier molecular flexibility index (Phi) is 4.46. The molecule has 0 aliphatic carbocycles. The van der Waals surface area contributed by atoms with Crippen LogP contribution in [-0.2, 0) is 13.0 Å². The van der Waals surface area contributed by atoms with Gasteiger partial charge in [-0.15, -0.1) is 0 Å². The van der Waals surface area contributed by atoms with E-state index in [0.717, 1.165) is 36.0 Å². The molecule has 0 unspecified atom stereocenters. The van der Waals surface area contributed by atoms with E-state index in [9.17, 15) is 4.79 Å². The summed E-state index contributed by atoms with van der Waals surface area (Å²) in [5.74, 6) is -0.104. The van der Waals surface area contributed by atoms with Crippen LogP contribution in [0.2, 0.25) is 5.02 Å². The van der Waals surface area contributed by atoms with Crippen molar-refractivity contribution in [2.75, 3.05) is 13.6 Å². The van der Waals surface area contributed by atoms with Gasteiger partial charge in [-0.3, -0.25) is 4.79 Å². The van der Waals surface area contributed by atoms with Gasteiger partial charge < -0.3 is 9.88 Å². The van der Waals surface area contributed by atoms with Gasteiger partial charge in [0.25, 0.3) is 0 Å². The Balaban J connectivity index is 1.58. The number of nitrogens with one attached hydrogen (secondary N) is 1. The molecule has 0 saturated heterocycles. The summed E-state index contributed by atoms with van der Waals surface area (Å²) in [6.07, 6.45) is 4.66. The average molecular weight is 402 g/mol. The highest BCUT2D eigenvalue weighted by atomic mass is 35.5. The maximum absolute atomic E-state index is 13.1. The molecular formula is C24H20ClN3O. The van der Waals surface area contributed by atoms with Crippen LogP contribution in [0, 0.1) is 0 Å². The lowest BCUT2D eigenvalue weighted by molar-refractivity contribution is 0.104. The molecule has 1 N–H and O–H groups in total. The summed E-state index contributed by atoms with van der Waals surface area (Å²) < 4.78 is 0. The molecule has 5 rings (SSSR count). The van der Waals surface area contributed by atoms with Crippen molar-refractivity contribution in [1.82, 2.24) is 14.9 Å². The number of halogens is 1. The average Bonchev–Trinajstić information content (AvgIpc) is 3.16. The normalized spacial score (nSPS) is 14.1. The fourth-order valence-corrected chi connectivity index (χ4v) is 4.24. The molecule has 2 aromatic carbocycles. The summed E-state index contributed by atoms with van der Waals surface area (Å²) in [5.41, 5.74) is 6.67. The Labute approximate surface area is 174 Å². The van der Waals surface area contributed by atoms with Crippen molar-refractivity contribution < 1.29 is 4.79 Å². The van der Waals surface area contributed by atoms with Gasteiger partial charge in [0, 0.05) is 47.6 Å². The number of ketones is 1. The molecule has 1 aliphatic heterocycles. The van der Waals surface area contributed by atoms with Crippen molar-refractivity contribution in [2.45, 2.75) is 13.0 Å². The summed E-state index contributed by atoms with van der Waals surface area (Å²) in [5, 5.41) is 1.26. The molecule has 4 aromatic rings. The number of benzene rings is 2. The second-order valence-electron chi connectivity index (χ2n) is 7.60. The third kappa shape index (κ3) is 3.24. The second-order valence-corrected chi connectivity index (χ2v) is 8.01. The van der Waals surface area contributed by atoms with Gasteiger partial charge in [-0.05, 0) is 54.4 Å². The number of pyridine rings is 1. The molecule has 0 saturated carbocycles. The first-order valence-electron chi connectivity index (χ1n) is 9.67. The van der Waals surface area contributed by atoms with Gasteiger partial charge in [0.15, 0.2) is 5.78 Å². The Morgan fingerprint density at radius 3 is 2.79 bits per heavy atom. The molecule has 144 valence electrons. The molecule has 3 heterocycles. The number of H-pyrrole nitrogens is 1. The zero-order valence-corrected chi connectivity index (χ0v) is 16.8. The first kappa shape index (κ1) is 18.1. The molecule has 0 amide bonds. The molecule has 0 atom stereocenters. The third-order valence-electron chi connectivity index (χ3n) is 5.64. The number of nitrogens with zero attached hydrogens (tertiary/aromatic N) is 2. The number of carbonyl (C=O) groups is 1. The van der Waals surface area contributed by atoms with Gasteiger partial charge in [0.2, 0.25) is 0 Å². The summed E-state index contributed by atoms with van der Waals surface area (Å²) in [4.78, 5) is 23.1. The molecule has 1 aliphatic rings. The Hall–Kier alpha value is -2.95. The highest BCUT2D eigenvalue weighted by Crippen LogP contribution is 2.30. The van der Waals surface area contributed by atoms with Crippen LogP contribution in [-0.4, -0.2) is 34.2 Å². The number of rotatable bonds is 3. The lowest BCUT2D eigenvalue weighted by Crippen LogP contribution is -2.26. The van der Waals surface area contributed by atoms with Crippen molar-refractivity contribution in [3.63, 3.8) is 0 Å². The minimum Gasteiger partial charge on any atom is -0.345 e. The summed E-state index contributed by atoms with van der Waals surface area (Å²) in [6.45, 7) is 2.05. The van der Waals surface area contributed by atoms with Crippen LogP contribution >= 0.6 is 11.6 Å². The molecule has 0 fully saturated rings. The van der Waals surface area contributed by atoms with Gasteiger partial charge in [0.05, 0.1) is 5.02 Å². The molecule has 4 nitrogen and oxygen atoms in total. The molecule has 29 heavy (non-hydrogen) atoms. The quantitative estimate of drug-likeness (QED) is 0.486. The standard InChI is InChI=1S/C24H20ClN3O/c1-28-9-8-15-6-7-16(10-18(15)14-28)17-11-20-21(13-27-24(20)26-12-17)23(29)19-4-2-3-5-22(19)25/h2-7,10-13H,8-9,14H2,1H3,(H,26,27). The fourth-order valence-electron chi connectivity index (χ4n) is 4.02. The largest absolute Gasteiger partial charge is 0.345 e. The van der Waals surface area contributed by atoms with Crippen LogP contribution in [0.3, 0.4) is 0 Å². The van der Waals surface area contributed by atoms with E-state index in [1.165, 1.54) is 11.1 Å². The van der Waals surface area contributed by atoms with Gasteiger partial charge >= 0.3 is 0 Å². The minimum atomic E-state index is -0.104. The highest BCUT2D eigenvalue weighted by molar-refractivity contribution is 6.35. The van der Waals surface area contributed by atoms with Gasteiger partial charge in [-0.2, -0.15) is 0 Å². The molecular weight excluding hydrogens is 382 g/mol. The first-order valence-corrected chi connectivity index (χ1v) is 10.0. The molecule has 2 aromatic heterocycles. The van der Waals surface area contributed by atoms with Crippen molar-refractivity contribution in [3.8, 4) is 11.1 Å². The number of likely N-dealkylation sites (N-methyl/N-ethyl adjacent to an activating group) is 1. The SMILES string of the molecule is CN1CCc2ccc(-c3cnc4[nH]cc(C(=O)c5ccccc5Cl)c4c3)cc2C1. The van der Waals surface area contributed by atoms with E-state index in [0.29, 0.717) is 21.8 Å². The van der Waals surface area contributed by atoms with E-state index in [1.54, 1.807) is 18.3 Å². The van der Waals surface area contributed by atoms with Crippen LogP contribution in [0.5, 0.6) is 0 Å². The Morgan fingerprint density at radius 2 is 1.93 bits per heavy atom. The van der Waals surface area contributed by atoms with Gasteiger partial charge in [0.1, 0.15) is 5.65 Å². The zero-order valence-electron chi connectivity index (χ0n) is 16.1. The topological polar surface area (TPSA) is 49.0 Å². The van der Waals surface area contributed by atoms with Crippen LogP contribution in [0.4, 0.5) is 0 Å². The highest BCUT2D eigenvalue weighted by Gasteiger charge is 2.18. The monoisotopic (exact) mass is 401 g/mol. The smallest absolute Gasteiger partial charge is 0.196 e. The minimum absolute atomic E-state index is 0.104. The van der Waals surface area contributed by atoms with Gasteiger partial charge in [-0.1, -0.05) is 35.9 Å². The predicted molar refractivity (Wildman–Crippen MR) is 116 cm³/mol. The molecule has 0 spiro atoms. The number of hydrogen-bond acceptors (Lipinski definition) is 3. The van der Waals surface area contributed by atoms with E-state index in [-0.39, 0.29) is 5.78 Å². The maximum atomic E-state index is 13.1.